The van der Waals surface area contributed by atoms with Crippen LogP contribution in [0.15, 0.2) is 0 Å². The summed E-state index contributed by atoms with van der Waals surface area (Å²) in [5.74, 6) is 0. The summed E-state index contributed by atoms with van der Waals surface area (Å²) < 4.78 is 32.1. The number of carboxylic acid groups (broad SMARTS) is 2. The van der Waals surface area contributed by atoms with E-state index in [4.69, 9.17) is 29.3 Å². The van der Waals surface area contributed by atoms with Gasteiger partial charge in [-0.15, -0.1) is 0 Å². The molecule has 0 aliphatic carbocycles. The molecule has 0 rings (SSSR count). The molecule has 0 aliphatic rings. The van der Waals surface area contributed by atoms with E-state index in [0.717, 1.165) is 0 Å². The molecule has 0 amide bonds. The van der Waals surface area contributed by atoms with Gasteiger partial charge in [0.15, 0.2) is 0 Å². The first-order valence-electron chi connectivity index (χ1n) is 1.31. The van der Waals surface area contributed by atoms with E-state index >= 15 is 0 Å². The molecule has 10 heteroatoms. The van der Waals surface area contributed by atoms with Crippen molar-refractivity contribution >= 4 is 6.16 Å². The van der Waals surface area contributed by atoms with Crippen molar-refractivity contribution in [2.45, 2.75) is 0 Å². The zero-order chi connectivity index (χ0) is 8.08. The molecule has 0 aromatic rings. The first-order valence-corrected chi connectivity index (χ1v) is 6.33. The van der Waals surface area contributed by atoms with Gasteiger partial charge < -0.3 is 27.3 Å². The molecule has 0 heterocycles. The van der Waals surface area contributed by atoms with Crippen LogP contribution < -0.4 is 22.5 Å². The Morgan fingerprint density at radius 1 is 1.09 bits per heavy atom. The van der Waals surface area contributed by atoms with E-state index in [2.05, 4.69) is 0 Å². The monoisotopic (exact) mass is 346 g/mol. The summed E-state index contributed by atoms with van der Waals surface area (Å²) in [6.07, 6.45) is -2.33. The third-order valence-corrected chi connectivity index (χ3v) is 0. The fourth-order valence-corrected chi connectivity index (χ4v) is 0. The minimum absolute atomic E-state index is 0. The van der Waals surface area contributed by atoms with Gasteiger partial charge in [-0.2, -0.15) is 0 Å². The van der Waals surface area contributed by atoms with E-state index in [1.807, 2.05) is 0 Å². The summed E-state index contributed by atoms with van der Waals surface area (Å²) in [6, 6.07) is 0. The number of rotatable bonds is 0. The van der Waals surface area contributed by atoms with E-state index in [1.165, 1.54) is 0 Å². The Morgan fingerprint density at radius 2 is 1.09 bits per heavy atom. The Hall–Kier alpha value is -0.602. The molecular weight excluding hydrogens is 336 g/mol. The van der Waals surface area contributed by atoms with Gasteiger partial charge in [-0.1, -0.05) is 0 Å². The van der Waals surface area contributed by atoms with Gasteiger partial charge in [-0.05, 0) is 6.16 Å². The number of quaternary nitrogens is 2. The van der Waals surface area contributed by atoms with Gasteiger partial charge in [0.25, 0.3) is 0 Å². The van der Waals surface area contributed by atoms with E-state index in [-0.39, 0.29) is 12.3 Å². The Bertz CT molecular complexity index is 159. The zero-order valence-electron chi connectivity index (χ0n) is 5.84. The van der Waals surface area contributed by atoms with Crippen LogP contribution in [0.4, 0.5) is 4.79 Å². The van der Waals surface area contributed by atoms with E-state index in [0.29, 0.717) is 0 Å². The topological polar surface area (TPSA) is 211 Å². The summed E-state index contributed by atoms with van der Waals surface area (Å²) >= 11 is -5.67. The van der Waals surface area contributed by atoms with Crippen LogP contribution in [0.25, 0.3) is 0 Å². The second-order valence-corrected chi connectivity index (χ2v) is 3.92. The van der Waals surface area contributed by atoms with E-state index in [9.17, 15) is 0 Å². The van der Waals surface area contributed by atoms with Crippen LogP contribution in [0.3, 0.4) is 0 Å². The van der Waals surface area contributed by atoms with Crippen molar-refractivity contribution in [1.82, 2.24) is 12.3 Å². The normalized spacial score (nSPS) is 7.45. The molecule has 0 aliphatic heterocycles. The standard InChI is InChI=1S/CH2O3.2H3N.2H2O.2O.W/c2-1(3)4;;;;;;;/h(H2,2,3,4);2*1H3;2*1H2;;;/q;;;;;;;+2/p-2. The number of hydrogen-bond acceptors (Lipinski definition) is 5. The Kier molecular flexibility index (Phi) is 19.2. The van der Waals surface area contributed by atoms with Crippen molar-refractivity contribution in [2.24, 2.45) is 0 Å². The van der Waals surface area contributed by atoms with Gasteiger partial charge in [0.05, 0.1) is 0 Å². The molecule has 0 radical (unpaired) electrons. The molecule has 0 atom stereocenters. The molecule has 0 unspecified atom stereocenters. The van der Waals surface area contributed by atoms with Crippen LogP contribution in [0, 0.1) is 0 Å². The molecule has 0 aromatic carbocycles. The first-order chi connectivity index (χ1) is 3.73. The zero-order valence-corrected chi connectivity index (χ0v) is 8.78. The molecule has 10 N–H and O–H groups in total. The molecule has 0 bridgehead atoms. The fraction of sp³-hybridized carbons (Fsp3) is 0. The summed E-state index contributed by atoms with van der Waals surface area (Å²) in [7, 11) is 0. The maximum atomic E-state index is 8.87. The second-order valence-electron chi connectivity index (χ2n) is 0.698. The number of carbonyl (C=O) groups is 1. The number of hydrogen-bond donors (Lipinski definition) is 4. The van der Waals surface area contributed by atoms with Crippen LogP contribution in [-0.2, 0) is 23.5 Å². The van der Waals surface area contributed by atoms with Crippen molar-refractivity contribution in [3.8, 4) is 0 Å². The van der Waals surface area contributed by atoms with Crippen LogP contribution in [-0.4, -0.2) is 13.7 Å². The molecule has 11 heavy (non-hydrogen) atoms. The third kappa shape index (κ3) is 1420. The fourth-order valence-electron chi connectivity index (χ4n) is 0. The quantitative estimate of drug-likeness (QED) is 0.355. The van der Waals surface area contributed by atoms with Crippen LogP contribution in [0.2, 0.25) is 0 Å². The van der Waals surface area contributed by atoms with Crippen molar-refractivity contribution < 1.29 is 46.1 Å². The van der Waals surface area contributed by atoms with Gasteiger partial charge in [0.1, 0.15) is 0 Å². The predicted molar refractivity (Wildman–Crippen MR) is 23.2 cm³/mol. The molecular formula is CH10N2O7W. The summed E-state index contributed by atoms with van der Waals surface area (Å²) in [4.78, 5) is 8.33. The van der Waals surface area contributed by atoms with Gasteiger partial charge in [-0.3, -0.25) is 0 Å². The summed E-state index contributed by atoms with van der Waals surface area (Å²) in [5, 5.41) is 16.7. The maximum absolute atomic E-state index is 8.87. The third-order valence-electron chi connectivity index (χ3n) is 0. The Morgan fingerprint density at radius 3 is 1.09 bits per heavy atom. The van der Waals surface area contributed by atoms with Gasteiger partial charge >= 0.3 is 31.1 Å². The molecule has 0 spiro atoms. The predicted octanol–water partition coefficient (Wildman–Crippen LogP) is -3.05. The van der Waals surface area contributed by atoms with E-state index in [1.54, 1.807) is 0 Å². The summed E-state index contributed by atoms with van der Waals surface area (Å²) in [6.45, 7) is 0. The molecule has 0 saturated carbocycles. The van der Waals surface area contributed by atoms with Crippen molar-refractivity contribution in [3.63, 3.8) is 0 Å². The average molecular weight is 346 g/mol. The Labute approximate surface area is 65.2 Å². The first kappa shape index (κ1) is 22.4. The van der Waals surface area contributed by atoms with Crippen molar-refractivity contribution in [3.05, 3.63) is 0 Å². The molecule has 0 aromatic heterocycles. The average Bonchev–Trinajstić information content (AvgIpc) is 1.19. The SMILES string of the molecule is O=C([O-])[O-].[NH4+].[NH4+].[O]=[W](=[O])([OH])[OH]. The van der Waals surface area contributed by atoms with Crippen LogP contribution in [0.1, 0.15) is 0 Å². The van der Waals surface area contributed by atoms with Crippen LogP contribution in [0.5, 0.6) is 0 Å². The van der Waals surface area contributed by atoms with Gasteiger partial charge in [0.2, 0.25) is 0 Å². The molecule has 0 fully saturated rings. The van der Waals surface area contributed by atoms with Gasteiger partial charge in [0, 0.05) is 0 Å². The molecule has 9 nitrogen and oxygen atoms in total. The van der Waals surface area contributed by atoms with E-state index < -0.39 is 22.9 Å². The van der Waals surface area contributed by atoms with Crippen LogP contribution >= 0.6 is 0 Å². The second kappa shape index (κ2) is 9.40. The molecule has 0 saturated heterocycles. The van der Waals surface area contributed by atoms with Gasteiger partial charge in [-0.25, -0.2) is 0 Å². The Balaban J connectivity index is -0.0000000383. The number of carbonyl (C=O) groups excluding carboxylic acids is 1. The summed E-state index contributed by atoms with van der Waals surface area (Å²) in [5.41, 5.74) is 0. The molecule has 72 valence electrons. The van der Waals surface area contributed by atoms with Crippen molar-refractivity contribution in [1.29, 1.82) is 0 Å². The van der Waals surface area contributed by atoms with Crippen molar-refractivity contribution in [2.75, 3.05) is 0 Å². The minimum atomic E-state index is -5.67.